The van der Waals surface area contributed by atoms with Crippen LogP contribution in [0.15, 0.2) is 0 Å². The largest absolute Gasteiger partial charge is 0.353 e. The minimum Gasteiger partial charge on any atom is -0.353 e. The fourth-order valence-corrected chi connectivity index (χ4v) is 1.93. The molecule has 0 radical (unpaired) electrons. The van der Waals surface area contributed by atoms with E-state index < -0.39 is 0 Å². The molecule has 4 heteroatoms. The van der Waals surface area contributed by atoms with Crippen molar-refractivity contribution in [2.45, 2.75) is 31.7 Å². The van der Waals surface area contributed by atoms with Crippen LogP contribution in [0.4, 0.5) is 0 Å². The average Bonchev–Trinajstić information content (AvgIpc) is 3.03. The third-order valence-electron chi connectivity index (χ3n) is 3.03. The topological polar surface area (TPSA) is 44.4 Å². The number of carbonyl (C=O) groups is 1. The Morgan fingerprint density at radius 3 is 2.73 bits per heavy atom. The lowest BCUT2D eigenvalue weighted by Crippen LogP contribution is -2.43. The van der Waals surface area contributed by atoms with E-state index >= 15 is 0 Å². The number of nitrogens with one attached hydrogen (secondary N) is 2. The van der Waals surface area contributed by atoms with Crippen LogP contribution in [-0.2, 0) is 4.79 Å². The summed E-state index contributed by atoms with van der Waals surface area (Å²) < 4.78 is 0. The van der Waals surface area contributed by atoms with Gasteiger partial charge in [-0.05, 0) is 25.8 Å². The minimum atomic E-state index is 0.243. The molecule has 2 rings (SSSR count). The Morgan fingerprint density at radius 1 is 1.33 bits per heavy atom. The number of rotatable bonds is 5. The second-order valence-corrected chi connectivity index (χ2v) is 4.54. The summed E-state index contributed by atoms with van der Waals surface area (Å²) in [5, 5.41) is 6.35. The molecule has 0 bridgehead atoms. The molecule has 4 nitrogen and oxygen atoms in total. The maximum absolute atomic E-state index is 11.4. The fourth-order valence-electron chi connectivity index (χ4n) is 1.93. The van der Waals surface area contributed by atoms with Crippen molar-refractivity contribution in [1.29, 1.82) is 0 Å². The van der Waals surface area contributed by atoms with Crippen molar-refractivity contribution in [2.24, 2.45) is 0 Å². The molecule has 0 aromatic rings. The highest BCUT2D eigenvalue weighted by molar-refractivity contribution is 5.76. The summed E-state index contributed by atoms with van der Waals surface area (Å²) in [7, 11) is 0. The fraction of sp³-hybridized carbons (Fsp3) is 0.909. The summed E-state index contributed by atoms with van der Waals surface area (Å²) >= 11 is 0. The number of hydrogen-bond donors (Lipinski definition) is 2. The first-order valence-corrected chi connectivity index (χ1v) is 6.07. The second-order valence-electron chi connectivity index (χ2n) is 4.54. The van der Waals surface area contributed by atoms with Crippen LogP contribution >= 0.6 is 0 Å². The van der Waals surface area contributed by atoms with E-state index in [1.807, 2.05) is 0 Å². The Balaban J connectivity index is 1.51. The van der Waals surface area contributed by atoms with Crippen LogP contribution in [0.2, 0.25) is 0 Å². The standard InChI is InChI=1S/C11H21N3O/c15-11(13-10-3-4-10)2-1-7-14-8-5-12-6-9-14/h10,12H,1-9H2,(H,13,15). The summed E-state index contributed by atoms with van der Waals surface area (Å²) in [6.45, 7) is 5.51. The van der Waals surface area contributed by atoms with Crippen molar-refractivity contribution in [3.05, 3.63) is 0 Å². The summed E-state index contributed by atoms with van der Waals surface area (Å²) in [5.41, 5.74) is 0. The van der Waals surface area contributed by atoms with Gasteiger partial charge in [0.05, 0.1) is 0 Å². The molecule has 1 saturated carbocycles. The van der Waals surface area contributed by atoms with Gasteiger partial charge in [-0.2, -0.15) is 0 Å². The molecular formula is C11H21N3O. The number of carbonyl (C=O) groups excluding carboxylic acids is 1. The van der Waals surface area contributed by atoms with Crippen LogP contribution < -0.4 is 10.6 Å². The predicted molar refractivity (Wildman–Crippen MR) is 59.7 cm³/mol. The number of nitrogens with zero attached hydrogens (tertiary/aromatic N) is 1. The van der Waals surface area contributed by atoms with Gasteiger partial charge in [-0.3, -0.25) is 4.79 Å². The Labute approximate surface area is 91.4 Å². The first-order valence-electron chi connectivity index (χ1n) is 6.07. The van der Waals surface area contributed by atoms with Gasteiger partial charge in [0, 0.05) is 38.6 Å². The molecule has 1 aliphatic carbocycles. The summed E-state index contributed by atoms with van der Waals surface area (Å²) in [6.07, 6.45) is 4.06. The van der Waals surface area contributed by atoms with E-state index in [9.17, 15) is 4.79 Å². The molecule has 0 spiro atoms. The van der Waals surface area contributed by atoms with Gasteiger partial charge in [0.1, 0.15) is 0 Å². The van der Waals surface area contributed by atoms with Crippen molar-refractivity contribution >= 4 is 5.91 Å². The Kier molecular flexibility index (Phi) is 3.97. The molecule has 0 unspecified atom stereocenters. The van der Waals surface area contributed by atoms with Crippen LogP contribution in [-0.4, -0.2) is 49.6 Å². The predicted octanol–water partition coefficient (Wildman–Crippen LogP) is -0.0496. The maximum atomic E-state index is 11.4. The van der Waals surface area contributed by atoms with E-state index in [1.54, 1.807) is 0 Å². The van der Waals surface area contributed by atoms with E-state index in [0.29, 0.717) is 12.5 Å². The summed E-state index contributed by atoms with van der Waals surface area (Å²) in [4.78, 5) is 13.8. The molecular weight excluding hydrogens is 190 g/mol. The van der Waals surface area contributed by atoms with Gasteiger partial charge >= 0.3 is 0 Å². The van der Waals surface area contributed by atoms with Gasteiger partial charge in [0.15, 0.2) is 0 Å². The zero-order chi connectivity index (χ0) is 10.5. The normalized spacial score (nSPS) is 22.7. The van der Waals surface area contributed by atoms with Crippen LogP contribution in [0.3, 0.4) is 0 Å². The van der Waals surface area contributed by atoms with Gasteiger partial charge in [-0.15, -0.1) is 0 Å². The molecule has 2 fully saturated rings. The lowest BCUT2D eigenvalue weighted by Gasteiger charge is -2.26. The zero-order valence-corrected chi connectivity index (χ0v) is 9.30. The Morgan fingerprint density at radius 2 is 2.07 bits per heavy atom. The molecule has 1 amide bonds. The lowest BCUT2D eigenvalue weighted by atomic mass is 10.2. The molecule has 0 atom stereocenters. The van der Waals surface area contributed by atoms with Crippen LogP contribution in [0, 0.1) is 0 Å². The Hall–Kier alpha value is -0.610. The van der Waals surface area contributed by atoms with Crippen molar-refractivity contribution in [1.82, 2.24) is 15.5 Å². The number of piperazine rings is 1. The van der Waals surface area contributed by atoms with Crippen molar-refractivity contribution in [3.63, 3.8) is 0 Å². The zero-order valence-electron chi connectivity index (χ0n) is 9.30. The van der Waals surface area contributed by atoms with Crippen molar-refractivity contribution in [2.75, 3.05) is 32.7 Å². The summed E-state index contributed by atoms with van der Waals surface area (Å²) in [6, 6.07) is 0.511. The molecule has 1 saturated heterocycles. The second kappa shape index (κ2) is 5.47. The third-order valence-corrected chi connectivity index (χ3v) is 3.03. The highest BCUT2D eigenvalue weighted by Gasteiger charge is 2.22. The molecule has 0 aromatic heterocycles. The number of amides is 1. The third kappa shape index (κ3) is 4.18. The first-order chi connectivity index (χ1) is 7.34. The van der Waals surface area contributed by atoms with E-state index in [-0.39, 0.29) is 5.91 Å². The first kappa shape index (κ1) is 10.9. The van der Waals surface area contributed by atoms with E-state index in [0.717, 1.165) is 39.1 Å². The van der Waals surface area contributed by atoms with E-state index in [4.69, 9.17) is 0 Å². The molecule has 0 aromatic carbocycles. The molecule has 1 heterocycles. The van der Waals surface area contributed by atoms with Crippen LogP contribution in [0.5, 0.6) is 0 Å². The molecule has 2 aliphatic rings. The Bertz CT molecular complexity index is 210. The molecule has 86 valence electrons. The van der Waals surface area contributed by atoms with Gasteiger partial charge in [0.2, 0.25) is 5.91 Å². The molecule has 2 N–H and O–H groups in total. The molecule has 15 heavy (non-hydrogen) atoms. The molecule has 1 aliphatic heterocycles. The van der Waals surface area contributed by atoms with Gasteiger partial charge < -0.3 is 15.5 Å². The summed E-state index contributed by atoms with van der Waals surface area (Å²) in [5.74, 6) is 0.243. The highest BCUT2D eigenvalue weighted by Crippen LogP contribution is 2.18. The highest BCUT2D eigenvalue weighted by atomic mass is 16.1. The van der Waals surface area contributed by atoms with E-state index in [1.165, 1.54) is 12.8 Å². The monoisotopic (exact) mass is 211 g/mol. The van der Waals surface area contributed by atoms with Gasteiger partial charge in [-0.25, -0.2) is 0 Å². The SMILES string of the molecule is O=C(CCCN1CCNCC1)NC1CC1. The van der Waals surface area contributed by atoms with Crippen molar-refractivity contribution in [3.8, 4) is 0 Å². The lowest BCUT2D eigenvalue weighted by molar-refractivity contribution is -0.121. The van der Waals surface area contributed by atoms with Gasteiger partial charge in [0.25, 0.3) is 0 Å². The van der Waals surface area contributed by atoms with Gasteiger partial charge in [-0.1, -0.05) is 0 Å². The maximum Gasteiger partial charge on any atom is 0.220 e. The quantitative estimate of drug-likeness (QED) is 0.670. The van der Waals surface area contributed by atoms with E-state index in [2.05, 4.69) is 15.5 Å². The number of hydrogen-bond acceptors (Lipinski definition) is 3. The van der Waals surface area contributed by atoms with Crippen LogP contribution in [0.25, 0.3) is 0 Å². The minimum absolute atomic E-state index is 0.243. The van der Waals surface area contributed by atoms with Crippen LogP contribution in [0.1, 0.15) is 25.7 Å². The average molecular weight is 211 g/mol. The smallest absolute Gasteiger partial charge is 0.220 e. The van der Waals surface area contributed by atoms with Crippen molar-refractivity contribution < 1.29 is 4.79 Å².